The minimum absolute atomic E-state index is 0.676. The summed E-state index contributed by atoms with van der Waals surface area (Å²) < 4.78 is 0. The molecule has 96 valence electrons. The van der Waals surface area contributed by atoms with E-state index in [4.69, 9.17) is 5.11 Å². The van der Waals surface area contributed by atoms with Crippen molar-refractivity contribution >= 4 is 11.9 Å². The number of nitrogens with zero attached hydrogens (tertiary/aromatic N) is 4. The number of hydrogen-bond donors (Lipinski definition) is 1. The van der Waals surface area contributed by atoms with E-state index >= 15 is 0 Å². The fraction of sp³-hybridized carbons (Fsp3) is 0.417. The van der Waals surface area contributed by atoms with Gasteiger partial charge in [0.15, 0.2) is 0 Å². The van der Waals surface area contributed by atoms with Crippen LogP contribution in [0.5, 0.6) is 0 Å². The summed E-state index contributed by atoms with van der Waals surface area (Å²) in [4.78, 5) is 23.1. The second-order valence-corrected chi connectivity index (χ2v) is 4.08. The molecule has 1 fully saturated rings. The van der Waals surface area contributed by atoms with Crippen LogP contribution < -0.4 is 4.90 Å². The van der Waals surface area contributed by atoms with Crippen molar-refractivity contribution in [1.29, 1.82) is 0 Å². The molecular formula is C12H16N4O2. The second-order valence-electron chi connectivity index (χ2n) is 4.08. The number of piperazine rings is 1. The van der Waals surface area contributed by atoms with Crippen LogP contribution in [0, 0.1) is 0 Å². The molecule has 0 atom stereocenters. The zero-order chi connectivity index (χ0) is 12.8. The predicted octanol–water partition coefficient (Wildman–Crippen LogP) is 0.239. The molecular weight excluding hydrogens is 232 g/mol. The van der Waals surface area contributed by atoms with Crippen molar-refractivity contribution in [1.82, 2.24) is 14.9 Å². The summed E-state index contributed by atoms with van der Waals surface area (Å²) in [6.07, 6.45) is 6.35. The third-order valence-corrected chi connectivity index (χ3v) is 2.83. The minimum Gasteiger partial charge on any atom is -0.478 e. The van der Waals surface area contributed by atoms with E-state index in [1.807, 2.05) is 0 Å². The Morgan fingerprint density at radius 1 is 1.28 bits per heavy atom. The Morgan fingerprint density at radius 3 is 2.56 bits per heavy atom. The smallest absolute Gasteiger partial charge is 0.328 e. The highest BCUT2D eigenvalue weighted by molar-refractivity contribution is 5.79. The van der Waals surface area contributed by atoms with Gasteiger partial charge in [-0.1, -0.05) is 6.08 Å². The predicted molar refractivity (Wildman–Crippen MR) is 67.5 cm³/mol. The number of aromatic nitrogens is 2. The maximum Gasteiger partial charge on any atom is 0.328 e. The summed E-state index contributed by atoms with van der Waals surface area (Å²) >= 11 is 0. The van der Waals surface area contributed by atoms with Crippen LogP contribution in [0.3, 0.4) is 0 Å². The van der Waals surface area contributed by atoms with E-state index in [0.717, 1.165) is 32.1 Å². The van der Waals surface area contributed by atoms with Gasteiger partial charge in [0.05, 0.1) is 0 Å². The molecule has 0 amide bonds. The van der Waals surface area contributed by atoms with Gasteiger partial charge >= 0.3 is 5.97 Å². The molecule has 1 aliphatic rings. The molecule has 6 heteroatoms. The number of hydrogen-bond acceptors (Lipinski definition) is 5. The Morgan fingerprint density at radius 2 is 1.94 bits per heavy atom. The molecule has 1 N–H and O–H groups in total. The molecule has 0 aliphatic carbocycles. The Hall–Kier alpha value is -1.95. The van der Waals surface area contributed by atoms with Crippen LogP contribution in [0.2, 0.25) is 0 Å². The first-order valence-corrected chi connectivity index (χ1v) is 5.89. The fourth-order valence-corrected chi connectivity index (χ4v) is 1.89. The second kappa shape index (κ2) is 6.11. The monoisotopic (exact) mass is 248 g/mol. The number of anilines is 1. The Labute approximate surface area is 106 Å². The van der Waals surface area contributed by atoms with Crippen molar-refractivity contribution in [3.8, 4) is 0 Å². The van der Waals surface area contributed by atoms with Crippen molar-refractivity contribution < 1.29 is 9.90 Å². The number of rotatable bonds is 4. The molecule has 0 aromatic carbocycles. The largest absolute Gasteiger partial charge is 0.478 e. The van der Waals surface area contributed by atoms with Crippen molar-refractivity contribution in [3.63, 3.8) is 0 Å². The summed E-state index contributed by atoms with van der Waals surface area (Å²) in [7, 11) is 0. The maximum absolute atomic E-state index is 10.3. The standard InChI is InChI=1S/C12H16N4O2/c17-11(18)3-1-6-15-7-9-16(10-8-15)12-13-4-2-5-14-12/h1-5H,6-10H2,(H,17,18). The molecule has 1 aliphatic heterocycles. The van der Waals surface area contributed by atoms with Gasteiger partial charge in [0.25, 0.3) is 0 Å². The maximum atomic E-state index is 10.3. The van der Waals surface area contributed by atoms with Crippen LogP contribution in [0.15, 0.2) is 30.6 Å². The van der Waals surface area contributed by atoms with Gasteiger partial charge in [0.2, 0.25) is 5.95 Å². The molecule has 0 saturated carbocycles. The number of carboxylic acids is 1. The zero-order valence-electron chi connectivity index (χ0n) is 10.1. The summed E-state index contributed by atoms with van der Waals surface area (Å²) in [5.74, 6) is -0.135. The zero-order valence-corrected chi connectivity index (χ0v) is 10.1. The van der Waals surface area contributed by atoms with Crippen LogP contribution in [0.1, 0.15) is 0 Å². The molecule has 2 rings (SSSR count). The van der Waals surface area contributed by atoms with E-state index in [0.29, 0.717) is 6.54 Å². The molecule has 0 unspecified atom stereocenters. The lowest BCUT2D eigenvalue weighted by molar-refractivity contribution is -0.131. The molecule has 2 heterocycles. The van der Waals surface area contributed by atoms with Gasteiger partial charge in [0.1, 0.15) is 0 Å². The van der Waals surface area contributed by atoms with Crippen molar-refractivity contribution in [2.45, 2.75) is 0 Å². The van der Waals surface area contributed by atoms with Crippen LogP contribution >= 0.6 is 0 Å². The highest BCUT2D eigenvalue weighted by Crippen LogP contribution is 2.09. The molecule has 1 saturated heterocycles. The van der Waals surface area contributed by atoms with Gasteiger partial charge in [-0.15, -0.1) is 0 Å². The summed E-state index contributed by atoms with van der Waals surface area (Å²) in [6, 6.07) is 1.80. The SMILES string of the molecule is O=C(O)C=CCN1CCN(c2ncccn2)CC1. The quantitative estimate of drug-likeness (QED) is 0.770. The Balaban J connectivity index is 1.80. The lowest BCUT2D eigenvalue weighted by Crippen LogP contribution is -2.46. The van der Waals surface area contributed by atoms with E-state index in [1.54, 1.807) is 24.5 Å². The van der Waals surface area contributed by atoms with E-state index in [1.165, 1.54) is 6.08 Å². The van der Waals surface area contributed by atoms with Crippen molar-refractivity contribution in [2.75, 3.05) is 37.6 Å². The summed E-state index contributed by atoms with van der Waals surface area (Å²) in [5, 5.41) is 8.50. The number of carboxylic acid groups (broad SMARTS) is 1. The first-order chi connectivity index (χ1) is 8.75. The third kappa shape index (κ3) is 3.53. The highest BCUT2D eigenvalue weighted by Gasteiger charge is 2.17. The molecule has 0 bridgehead atoms. The molecule has 0 spiro atoms. The van der Waals surface area contributed by atoms with Crippen LogP contribution in [-0.2, 0) is 4.79 Å². The summed E-state index contributed by atoms with van der Waals surface area (Å²) in [6.45, 7) is 4.19. The molecule has 1 aromatic rings. The number of carbonyl (C=O) groups is 1. The number of aliphatic carboxylic acids is 1. The summed E-state index contributed by atoms with van der Waals surface area (Å²) in [5.41, 5.74) is 0. The van der Waals surface area contributed by atoms with Gasteiger partial charge in [0, 0.05) is 51.2 Å². The first-order valence-electron chi connectivity index (χ1n) is 5.89. The normalized spacial score (nSPS) is 17.2. The molecule has 18 heavy (non-hydrogen) atoms. The van der Waals surface area contributed by atoms with Crippen molar-refractivity contribution in [3.05, 3.63) is 30.6 Å². The Bertz CT molecular complexity index is 413. The van der Waals surface area contributed by atoms with Gasteiger partial charge in [-0.25, -0.2) is 14.8 Å². The fourth-order valence-electron chi connectivity index (χ4n) is 1.89. The van der Waals surface area contributed by atoms with E-state index < -0.39 is 5.97 Å². The lowest BCUT2D eigenvalue weighted by atomic mass is 10.3. The minimum atomic E-state index is -0.897. The first kappa shape index (κ1) is 12.5. The lowest BCUT2D eigenvalue weighted by Gasteiger charge is -2.33. The average Bonchev–Trinajstić information content (AvgIpc) is 2.40. The molecule has 0 radical (unpaired) electrons. The third-order valence-electron chi connectivity index (χ3n) is 2.83. The van der Waals surface area contributed by atoms with Crippen LogP contribution in [-0.4, -0.2) is 58.7 Å². The van der Waals surface area contributed by atoms with Gasteiger partial charge in [-0.3, -0.25) is 4.90 Å². The molecule has 6 nitrogen and oxygen atoms in total. The Kier molecular flexibility index (Phi) is 4.25. The van der Waals surface area contributed by atoms with Crippen LogP contribution in [0.4, 0.5) is 5.95 Å². The van der Waals surface area contributed by atoms with E-state index in [-0.39, 0.29) is 0 Å². The van der Waals surface area contributed by atoms with Gasteiger partial charge < -0.3 is 10.0 Å². The topological polar surface area (TPSA) is 69.6 Å². The van der Waals surface area contributed by atoms with E-state index in [9.17, 15) is 4.79 Å². The average molecular weight is 248 g/mol. The van der Waals surface area contributed by atoms with Gasteiger partial charge in [-0.05, 0) is 6.07 Å². The van der Waals surface area contributed by atoms with E-state index in [2.05, 4.69) is 19.8 Å². The van der Waals surface area contributed by atoms with Crippen molar-refractivity contribution in [2.24, 2.45) is 0 Å². The van der Waals surface area contributed by atoms with Gasteiger partial charge in [-0.2, -0.15) is 0 Å². The molecule has 1 aromatic heterocycles. The highest BCUT2D eigenvalue weighted by atomic mass is 16.4. The van der Waals surface area contributed by atoms with Crippen LogP contribution in [0.25, 0.3) is 0 Å².